The average molecular weight is 540 g/mol. The summed E-state index contributed by atoms with van der Waals surface area (Å²) in [7, 11) is 0. The topological polar surface area (TPSA) is 86.8 Å². The Hall–Kier alpha value is -3.74. The highest BCUT2D eigenvalue weighted by atomic mass is 16.2. The van der Waals surface area contributed by atoms with Crippen LogP contribution in [0.4, 0.5) is 0 Å². The molecule has 2 aromatic rings. The summed E-state index contributed by atoms with van der Waals surface area (Å²) in [6.07, 6.45) is 6.94. The summed E-state index contributed by atoms with van der Waals surface area (Å²) in [5, 5.41) is 3.13. The molecule has 0 bridgehead atoms. The summed E-state index contributed by atoms with van der Waals surface area (Å²) in [5.74, 6) is -1.00. The molecule has 2 aromatic carbocycles. The number of rotatable bonds is 4. The second-order valence-corrected chi connectivity index (χ2v) is 11.7. The molecule has 3 fully saturated rings. The predicted octanol–water partition coefficient (Wildman–Crippen LogP) is 3.70. The summed E-state index contributed by atoms with van der Waals surface area (Å²) in [5.41, 5.74) is 4.52. The minimum absolute atomic E-state index is 0.0314. The zero-order chi connectivity index (χ0) is 27.6. The van der Waals surface area contributed by atoms with Crippen molar-refractivity contribution in [2.24, 2.45) is 5.92 Å². The van der Waals surface area contributed by atoms with Crippen molar-refractivity contribution in [3.05, 3.63) is 77.4 Å². The number of benzene rings is 2. The van der Waals surface area contributed by atoms with E-state index in [0.29, 0.717) is 38.8 Å². The maximum atomic E-state index is 14.1. The van der Waals surface area contributed by atoms with Crippen molar-refractivity contribution in [1.82, 2.24) is 15.1 Å². The monoisotopic (exact) mass is 539 g/mol. The first-order valence-corrected chi connectivity index (χ1v) is 14.7. The maximum absolute atomic E-state index is 14.1. The lowest BCUT2D eigenvalue weighted by Gasteiger charge is -2.32. The first-order chi connectivity index (χ1) is 19.5. The van der Waals surface area contributed by atoms with Crippen LogP contribution in [0.3, 0.4) is 0 Å². The molecule has 0 spiro atoms. The molecule has 0 aromatic heterocycles. The predicted molar refractivity (Wildman–Crippen MR) is 152 cm³/mol. The Bertz CT molecular complexity index is 1340. The van der Waals surface area contributed by atoms with Gasteiger partial charge in [-0.15, -0.1) is 0 Å². The molecule has 3 saturated heterocycles. The number of carbonyl (C=O) groups is 4. The molecule has 7 nitrogen and oxygen atoms in total. The minimum Gasteiger partial charge on any atom is -0.351 e. The van der Waals surface area contributed by atoms with E-state index in [9.17, 15) is 19.2 Å². The molecule has 1 aliphatic carbocycles. The zero-order valence-corrected chi connectivity index (χ0v) is 22.9. The number of nitrogens with one attached hydrogen (secondary N) is 1. The van der Waals surface area contributed by atoms with E-state index in [1.54, 1.807) is 9.80 Å². The number of carbonyl (C=O) groups excluding carboxylic acids is 4. The highest BCUT2D eigenvalue weighted by Gasteiger charge is 2.44. The molecule has 208 valence electrons. The molecule has 7 heteroatoms. The van der Waals surface area contributed by atoms with E-state index >= 15 is 0 Å². The van der Waals surface area contributed by atoms with Gasteiger partial charge in [-0.2, -0.15) is 0 Å². The Balaban J connectivity index is 1.32. The summed E-state index contributed by atoms with van der Waals surface area (Å²) in [6, 6.07) is 16.5. The molecule has 3 heterocycles. The molecule has 4 aliphatic rings. The molecular formula is C33H37N3O4. The van der Waals surface area contributed by atoms with E-state index < -0.39 is 24.0 Å². The average Bonchev–Trinajstić information content (AvgIpc) is 3.72. The van der Waals surface area contributed by atoms with Crippen molar-refractivity contribution in [2.45, 2.75) is 75.9 Å². The van der Waals surface area contributed by atoms with Crippen LogP contribution in [0.25, 0.3) is 5.57 Å². The van der Waals surface area contributed by atoms with Crippen LogP contribution >= 0.6 is 0 Å². The summed E-state index contributed by atoms with van der Waals surface area (Å²) in [6.45, 7) is 1.03. The van der Waals surface area contributed by atoms with Gasteiger partial charge in [0.05, 0.1) is 0 Å². The Morgan fingerprint density at radius 2 is 1.45 bits per heavy atom. The quantitative estimate of drug-likeness (QED) is 0.642. The lowest BCUT2D eigenvalue weighted by atomic mass is 9.88. The van der Waals surface area contributed by atoms with Crippen LogP contribution in [0.1, 0.15) is 61.6 Å². The van der Waals surface area contributed by atoms with Crippen molar-refractivity contribution in [1.29, 1.82) is 0 Å². The van der Waals surface area contributed by atoms with Gasteiger partial charge in [0.25, 0.3) is 0 Å². The summed E-state index contributed by atoms with van der Waals surface area (Å²) >= 11 is 0. The molecule has 4 unspecified atom stereocenters. The molecule has 3 aliphatic heterocycles. The second kappa shape index (κ2) is 11.4. The molecule has 0 radical (unpaired) electrons. The van der Waals surface area contributed by atoms with E-state index in [-0.39, 0.29) is 36.3 Å². The highest BCUT2D eigenvalue weighted by molar-refractivity contribution is 5.96. The normalized spacial score (nSPS) is 27.2. The van der Waals surface area contributed by atoms with Crippen LogP contribution in [0.2, 0.25) is 0 Å². The summed E-state index contributed by atoms with van der Waals surface area (Å²) < 4.78 is 0. The third-order valence-corrected chi connectivity index (χ3v) is 9.03. The molecule has 6 rings (SSSR count). The van der Waals surface area contributed by atoms with Gasteiger partial charge in [0, 0.05) is 37.9 Å². The zero-order valence-electron chi connectivity index (χ0n) is 22.9. The number of nitrogens with zero attached hydrogens (tertiary/aromatic N) is 2. The van der Waals surface area contributed by atoms with Crippen LogP contribution in [0.5, 0.6) is 0 Å². The largest absolute Gasteiger partial charge is 0.351 e. The fourth-order valence-electron chi connectivity index (χ4n) is 7.08. The van der Waals surface area contributed by atoms with Gasteiger partial charge < -0.3 is 15.1 Å². The van der Waals surface area contributed by atoms with E-state index in [1.165, 1.54) is 5.56 Å². The van der Waals surface area contributed by atoms with Gasteiger partial charge in [0.1, 0.15) is 17.9 Å². The smallest absolute Gasteiger partial charge is 0.246 e. The SMILES string of the molecule is O=C1CC(Cc2ccccc2)NC(=O)C2CCCN2C(=O)C2CCCN2C(=O)C(CC2=CCc3ccccc32)C1. The van der Waals surface area contributed by atoms with Crippen molar-refractivity contribution < 1.29 is 19.2 Å². The lowest BCUT2D eigenvalue weighted by molar-refractivity contribution is -0.148. The molecule has 4 atom stereocenters. The Morgan fingerprint density at radius 3 is 2.25 bits per heavy atom. The van der Waals surface area contributed by atoms with Gasteiger partial charge in [-0.05, 0) is 67.2 Å². The van der Waals surface area contributed by atoms with Gasteiger partial charge in [-0.1, -0.05) is 60.7 Å². The van der Waals surface area contributed by atoms with Gasteiger partial charge in [0.2, 0.25) is 17.7 Å². The van der Waals surface area contributed by atoms with Crippen molar-refractivity contribution in [2.75, 3.05) is 13.1 Å². The number of Topliss-reactive ketones (excluding diaryl/α,β-unsaturated/α-hetero) is 1. The van der Waals surface area contributed by atoms with Gasteiger partial charge >= 0.3 is 0 Å². The number of hydrogen-bond donors (Lipinski definition) is 1. The Labute approximate surface area is 235 Å². The van der Waals surface area contributed by atoms with Crippen molar-refractivity contribution >= 4 is 29.1 Å². The van der Waals surface area contributed by atoms with E-state index in [4.69, 9.17) is 0 Å². The highest BCUT2D eigenvalue weighted by Crippen LogP contribution is 2.35. The third-order valence-electron chi connectivity index (χ3n) is 9.03. The molecular weight excluding hydrogens is 502 g/mol. The second-order valence-electron chi connectivity index (χ2n) is 11.7. The summed E-state index contributed by atoms with van der Waals surface area (Å²) in [4.78, 5) is 58.5. The van der Waals surface area contributed by atoms with E-state index in [1.807, 2.05) is 42.5 Å². The molecule has 3 amide bonds. The van der Waals surface area contributed by atoms with Crippen molar-refractivity contribution in [3.63, 3.8) is 0 Å². The van der Waals surface area contributed by atoms with Crippen LogP contribution in [-0.2, 0) is 32.0 Å². The molecule has 1 N–H and O–H groups in total. The third kappa shape index (κ3) is 5.34. The van der Waals surface area contributed by atoms with Gasteiger partial charge in [-0.3, -0.25) is 19.2 Å². The number of ketones is 1. The number of fused-ring (bicyclic) bond motifs is 3. The van der Waals surface area contributed by atoms with Crippen LogP contribution in [0.15, 0.2) is 60.7 Å². The fraction of sp³-hybridized carbons (Fsp3) is 0.455. The minimum atomic E-state index is -0.566. The van der Waals surface area contributed by atoms with Gasteiger partial charge in [-0.25, -0.2) is 0 Å². The molecule has 40 heavy (non-hydrogen) atoms. The molecule has 0 saturated carbocycles. The van der Waals surface area contributed by atoms with Crippen LogP contribution in [-0.4, -0.2) is 64.5 Å². The Kier molecular flexibility index (Phi) is 7.55. The first-order valence-electron chi connectivity index (χ1n) is 14.7. The number of amides is 3. The standard InChI is InChI=1S/C33H37N3O4/c37-27-20-25(19-24-15-14-23-10-4-5-11-28(23)24)32(39)36-17-7-13-30(36)33(40)35-16-6-12-29(35)31(38)34-26(21-27)18-22-8-2-1-3-9-22/h1-5,8-11,15,25-26,29-30H,6-7,12-14,16-21H2,(H,34,38). The van der Waals surface area contributed by atoms with Gasteiger partial charge in [0.15, 0.2) is 0 Å². The van der Waals surface area contributed by atoms with E-state index in [2.05, 4.69) is 23.5 Å². The Morgan fingerprint density at radius 1 is 0.750 bits per heavy atom. The maximum Gasteiger partial charge on any atom is 0.246 e. The van der Waals surface area contributed by atoms with E-state index in [0.717, 1.165) is 36.0 Å². The number of hydrogen-bond acceptors (Lipinski definition) is 4. The van der Waals surface area contributed by atoms with Crippen LogP contribution in [0, 0.1) is 5.92 Å². The lowest BCUT2D eigenvalue weighted by Crippen LogP contribution is -2.54. The fourth-order valence-corrected chi connectivity index (χ4v) is 7.08. The number of allylic oxidation sites excluding steroid dienone is 2. The van der Waals surface area contributed by atoms with Crippen LogP contribution < -0.4 is 5.32 Å². The van der Waals surface area contributed by atoms with Crippen molar-refractivity contribution in [3.8, 4) is 0 Å². The first kappa shape index (κ1) is 26.5.